The summed E-state index contributed by atoms with van der Waals surface area (Å²) in [7, 11) is -3.90. The van der Waals surface area contributed by atoms with Gasteiger partial charge in [0, 0.05) is 17.1 Å². The standard InChI is InChI=1S/C24H21ClN2O3S/c1-17-6-5-9-19(16-17)22-27-24(31(28,29)21-12-10-20(25)11-13-21)23(30-22)26-15-14-18-7-3-2-4-8-18/h2-13,16,26H,14-15H2,1H3. The Kier molecular flexibility index (Phi) is 6.11. The normalized spacial score (nSPS) is 11.4. The van der Waals surface area contributed by atoms with Crippen molar-refractivity contribution in [2.24, 2.45) is 0 Å². The number of benzene rings is 3. The van der Waals surface area contributed by atoms with Gasteiger partial charge in [-0.2, -0.15) is 4.98 Å². The van der Waals surface area contributed by atoms with Crippen LogP contribution < -0.4 is 5.32 Å². The fourth-order valence-corrected chi connectivity index (χ4v) is 4.60. The number of anilines is 1. The third-order valence-electron chi connectivity index (χ3n) is 4.78. The summed E-state index contributed by atoms with van der Waals surface area (Å²) in [5.41, 5.74) is 2.87. The van der Waals surface area contributed by atoms with Gasteiger partial charge in [0.05, 0.1) is 4.90 Å². The molecule has 4 aromatic rings. The van der Waals surface area contributed by atoms with Gasteiger partial charge in [-0.25, -0.2) is 8.42 Å². The Bertz CT molecular complexity index is 1280. The lowest BCUT2D eigenvalue weighted by Crippen LogP contribution is -2.09. The van der Waals surface area contributed by atoms with Gasteiger partial charge in [-0.1, -0.05) is 59.6 Å². The van der Waals surface area contributed by atoms with Gasteiger partial charge in [0.2, 0.25) is 26.6 Å². The van der Waals surface area contributed by atoms with Crippen molar-refractivity contribution in [2.45, 2.75) is 23.3 Å². The van der Waals surface area contributed by atoms with E-state index in [4.69, 9.17) is 16.0 Å². The number of nitrogens with one attached hydrogen (secondary N) is 1. The minimum atomic E-state index is -3.90. The van der Waals surface area contributed by atoms with Crippen molar-refractivity contribution in [3.63, 3.8) is 0 Å². The first kappa shape index (κ1) is 21.2. The summed E-state index contributed by atoms with van der Waals surface area (Å²) in [6.07, 6.45) is 0.710. The van der Waals surface area contributed by atoms with E-state index >= 15 is 0 Å². The molecule has 0 bridgehead atoms. The van der Waals surface area contributed by atoms with E-state index in [0.717, 1.165) is 11.1 Å². The molecule has 4 rings (SSSR count). The molecule has 158 valence electrons. The molecule has 0 fully saturated rings. The molecule has 0 aliphatic heterocycles. The van der Waals surface area contributed by atoms with E-state index in [2.05, 4.69) is 10.3 Å². The third kappa shape index (κ3) is 4.81. The zero-order valence-corrected chi connectivity index (χ0v) is 18.5. The highest BCUT2D eigenvalue weighted by atomic mass is 35.5. The molecule has 0 saturated carbocycles. The Balaban J connectivity index is 1.70. The van der Waals surface area contributed by atoms with E-state index in [1.165, 1.54) is 12.1 Å². The second-order valence-corrected chi connectivity index (χ2v) is 9.44. The zero-order chi connectivity index (χ0) is 21.8. The van der Waals surface area contributed by atoms with E-state index in [-0.39, 0.29) is 21.7 Å². The molecule has 0 unspecified atom stereocenters. The van der Waals surface area contributed by atoms with Crippen molar-refractivity contribution in [1.82, 2.24) is 4.98 Å². The fourth-order valence-electron chi connectivity index (χ4n) is 3.19. The lowest BCUT2D eigenvalue weighted by molar-refractivity contribution is 0.577. The third-order valence-corrected chi connectivity index (χ3v) is 6.71. The van der Waals surface area contributed by atoms with Crippen LogP contribution in [0.2, 0.25) is 5.02 Å². The van der Waals surface area contributed by atoms with E-state index in [1.807, 2.05) is 61.5 Å². The van der Waals surface area contributed by atoms with Crippen molar-refractivity contribution in [3.8, 4) is 11.5 Å². The van der Waals surface area contributed by atoms with Crippen LogP contribution in [0.5, 0.6) is 0 Å². The maximum atomic E-state index is 13.3. The molecule has 1 aromatic heterocycles. The van der Waals surface area contributed by atoms with Crippen LogP contribution in [0.25, 0.3) is 11.5 Å². The first-order valence-electron chi connectivity index (χ1n) is 9.80. The molecule has 1 N–H and O–H groups in total. The molecule has 0 saturated heterocycles. The van der Waals surface area contributed by atoms with Crippen molar-refractivity contribution in [2.75, 3.05) is 11.9 Å². The van der Waals surface area contributed by atoms with E-state index in [1.54, 1.807) is 12.1 Å². The molecular formula is C24H21ClN2O3S. The van der Waals surface area contributed by atoms with Crippen molar-refractivity contribution < 1.29 is 12.8 Å². The Morgan fingerprint density at radius 1 is 0.968 bits per heavy atom. The Hall–Kier alpha value is -3.09. The molecule has 31 heavy (non-hydrogen) atoms. The van der Waals surface area contributed by atoms with Gasteiger partial charge in [-0.15, -0.1) is 0 Å². The van der Waals surface area contributed by atoms with Gasteiger partial charge < -0.3 is 9.73 Å². The summed E-state index contributed by atoms with van der Waals surface area (Å²) >= 11 is 5.92. The van der Waals surface area contributed by atoms with Gasteiger partial charge in [0.1, 0.15) is 0 Å². The van der Waals surface area contributed by atoms with Crippen LogP contribution >= 0.6 is 11.6 Å². The van der Waals surface area contributed by atoms with E-state index < -0.39 is 9.84 Å². The average molecular weight is 453 g/mol. The molecular weight excluding hydrogens is 432 g/mol. The molecule has 3 aromatic carbocycles. The molecule has 1 heterocycles. The number of nitrogens with zero attached hydrogens (tertiary/aromatic N) is 1. The van der Waals surface area contributed by atoms with Crippen LogP contribution in [-0.2, 0) is 16.3 Å². The van der Waals surface area contributed by atoms with Gasteiger partial charge >= 0.3 is 0 Å². The summed E-state index contributed by atoms with van der Waals surface area (Å²) in [5.74, 6) is 0.376. The van der Waals surface area contributed by atoms with Crippen LogP contribution in [0.3, 0.4) is 0 Å². The van der Waals surface area contributed by atoms with Crippen molar-refractivity contribution in [3.05, 3.63) is 95.0 Å². The summed E-state index contributed by atoms with van der Waals surface area (Å²) in [5, 5.41) is 3.44. The summed E-state index contributed by atoms with van der Waals surface area (Å²) in [4.78, 5) is 4.47. The summed E-state index contributed by atoms with van der Waals surface area (Å²) in [6, 6.07) is 23.5. The number of halogens is 1. The first-order valence-corrected chi connectivity index (χ1v) is 11.7. The van der Waals surface area contributed by atoms with Crippen LogP contribution in [0.15, 0.2) is 93.2 Å². The lowest BCUT2D eigenvalue weighted by atomic mass is 10.1. The largest absolute Gasteiger partial charge is 0.419 e. The average Bonchev–Trinajstić information content (AvgIpc) is 3.20. The van der Waals surface area contributed by atoms with E-state index in [0.29, 0.717) is 23.6 Å². The quantitative estimate of drug-likeness (QED) is 0.384. The SMILES string of the molecule is Cc1cccc(-c2nc(S(=O)(=O)c3ccc(Cl)cc3)c(NCCc3ccccc3)o2)c1. The first-order chi connectivity index (χ1) is 14.9. The number of oxazole rings is 1. The number of rotatable bonds is 7. The predicted molar refractivity (Wildman–Crippen MR) is 122 cm³/mol. The minimum Gasteiger partial charge on any atom is -0.419 e. The molecule has 5 nitrogen and oxygen atoms in total. The van der Waals surface area contributed by atoms with Gasteiger partial charge in [-0.3, -0.25) is 0 Å². The predicted octanol–water partition coefficient (Wildman–Crippen LogP) is 5.79. The number of hydrogen-bond donors (Lipinski definition) is 1. The molecule has 0 atom stereocenters. The monoisotopic (exact) mass is 452 g/mol. The summed E-state index contributed by atoms with van der Waals surface area (Å²) in [6.45, 7) is 2.45. The second-order valence-electron chi connectivity index (χ2n) is 7.14. The number of hydrogen-bond acceptors (Lipinski definition) is 5. The highest BCUT2D eigenvalue weighted by molar-refractivity contribution is 7.91. The van der Waals surface area contributed by atoms with Crippen LogP contribution in [0.1, 0.15) is 11.1 Å². The highest BCUT2D eigenvalue weighted by Gasteiger charge is 2.28. The van der Waals surface area contributed by atoms with Crippen LogP contribution in [0.4, 0.5) is 5.88 Å². The zero-order valence-electron chi connectivity index (χ0n) is 16.9. The Morgan fingerprint density at radius 3 is 2.42 bits per heavy atom. The van der Waals surface area contributed by atoms with Crippen LogP contribution in [-0.4, -0.2) is 19.9 Å². The highest BCUT2D eigenvalue weighted by Crippen LogP contribution is 2.33. The molecule has 0 amide bonds. The maximum Gasteiger partial charge on any atom is 0.233 e. The van der Waals surface area contributed by atoms with Gasteiger partial charge in [0.15, 0.2) is 0 Å². The van der Waals surface area contributed by atoms with Crippen LogP contribution in [0, 0.1) is 6.92 Å². The lowest BCUT2D eigenvalue weighted by Gasteiger charge is -2.06. The maximum absolute atomic E-state index is 13.3. The Morgan fingerprint density at radius 2 is 1.71 bits per heavy atom. The fraction of sp³-hybridized carbons (Fsp3) is 0.125. The van der Waals surface area contributed by atoms with Crippen molar-refractivity contribution in [1.29, 1.82) is 0 Å². The molecule has 0 aliphatic carbocycles. The van der Waals surface area contributed by atoms with Gasteiger partial charge in [0.25, 0.3) is 0 Å². The number of sulfone groups is 1. The molecule has 0 aliphatic rings. The number of aromatic nitrogens is 1. The van der Waals surface area contributed by atoms with Crippen molar-refractivity contribution >= 4 is 27.3 Å². The summed E-state index contributed by atoms with van der Waals surface area (Å²) < 4.78 is 32.5. The minimum absolute atomic E-state index is 0.104. The van der Waals surface area contributed by atoms with Gasteiger partial charge in [-0.05, 0) is 55.3 Å². The topological polar surface area (TPSA) is 72.2 Å². The smallest absolute Gasteiger partial charge is 0.233 e. The molecule has 0 radical (unpaired) electrons. The molecule has 7 heteroatoms. The second kappa shape index (κ2) is 8.96. The number of aryl methyl sites for hydroxylation is 1. The van der Waals surface area contributed by atoms with E-state index in [9.17, 15) is 8.42 Å². The molecule has 0 spiro atoms. The Labute approximate surface area is 186 Å².